The molecular formula is C16H22N2O3S2. The molecule has 0 aliphatic heterocycles. The van der Waals surface area contributed by atoms with Gasteiger partial charge in [0, 0.05) is 4.88 Å². The van der Waals surface area contributed by atoms with Crippen LogP contribution in [0.1, 0.15) is 45.0 Å². The Hall–Kier alpha value is -1.34. The third-order valence-electron chi connectivity index (χ3n) is 3.77. The Balaban J connectivity index is 2.52. The molecule has 2 unspecified atom stereocenters. The standard InChI is InChI=1S/C16H22N2O3S2/c1-6-9(3)21-15(20)10(4)18-14(19)12-8-11(7-2)23-13(12)17-16(18)22-5/h8-10H,6-7H2,1-5H3. The molecule has 126 valence electrons. The Morgan fingerprint density at radius 3 is 2.70 bits per heavy atom. The normalized spacial score (nSPS) is 14.0. The second-order valence-corrected chi connectivity index (χ2v) is 7.28. The van der Waals surface area contributed by atoms with Gasteiger partial charge in [0.15, 0.2) is 5.16 Å². The molecule has 0 amide bonds. The zero-order chi connectivity index (χ0) is 17.1. The van der Waals surface area contributed by atoms with Crippen LogP contribution < -0.4 is 5.56 Å². The summed E-state index contributed by atoms with van der Waals surface area (Å²) in [6.45, 7) is 7.53. The Bertz CT molecular complexity index is 767. The lowest BCUT2D eigenvalue weighted by Gasteiger charge is -2.19. The number of thioether (sulfide) groups is 1. The first-order chi connectivity index (χ1) is 10.9. The lowest BCUT2D eigenvalue weighted by molar-refractivity contribution is -0.152. The summed E-state index contributed by atoms with van der Waals surface area (Å²) < 4.78 is 6.82. The van der Waals surface area contributed by atoms with Crippen molar-refractivity contribution >= 4 is 39.3 Å². The zero-order valence-electron chi connectivity index (χ0n) is 14.1. The highest BCUT2D eigenvalue weighted by atomic mass is 32.2. The third kappa shape index (κ3) is 3.61. The summed E-state index contributed by atoms with van der Waals surface area (Å²) in [5.41, 5.74) is -0.177. The SMILES string of the molecule is CCc1cc2c(=O)n(C(C)C(=O)OC(C)CC)c(SC)nc2s1. The second-order valence-electron chi connectivity index (χ2n) is 5.39. The molecule has 2 aromatic heterocycles. The summed E-state index contributed by atoms with van der Waals surface area (Å²) in [5, 5.41) is 1.12. The van der Waals surface area contributed by atoms with Crippen LogP contribution in [0.25, 0.3) is 10.2 Å². The van der Waals surface area contributed by atoms with Gasteiger partial charge in [0.05, 0.1) is 11.5 Å². The summed E-state index contributed by atoms with van der Waals surface area (Å²) in [4.78, 5) is 31.6. The number of aromatic nitrogens is 2. The second kappa shape index (κ2) is 7.49. The van der Waals surface area contributed by atoms with Gasteiger partial charge in [-0.15, -0.1) is 11.3 Å². The Morgan fingerprint density at radius 1 is 1.43 bits per heavy atom. The smallest absolute Gasteiger partial charge is 0.329 e. The first-order valence-corrected chi connectivity index (χ1v) is 9.76. The number of fused-ring (bicyclic) bond motifs is 1. The van der Waals surface area contributed by atoms with E-state index in [4.69, 9.17) is 4.74 Å². The molecule has 0 bridgehead atoms. The Kier molecular flexibility index (Phi) is 5.86. The van der Waals surface area contributed by atoms with E-state index >= 15 is 0 Å². The van der Waals surface area contributed by atoms with Crippen LogP contribution in [0.5, 0.6) is 0 Å². The highest BCUT2D eigenvalue weighted by Gasteiger charge is 2.24. The number of nitrogens with zero attached hydrogens (tertiary/aromatic N) is 2. The summed E-state index contributed by atoms with van der Waals surface area (Å²) in [5.74, 6) is -0.399. The van der Waals surface area contributed by atoms with Gasteiger partial charge in [-0.3, -0.25) is 9.36 Å². The third-order valence-corrected chi connectivity index (χ3v) is 5.59. The molecule has 7 heteroatoms. The van der Waals surface area contributed by atoms with E-state index in [1.807, 2.05) is 33.1 Å². The number of esters is 1. The lowest BCUT2D eigenvalue weighted by Crippen LogP contribution is -2.32. The summed E-state index contributed by atoms with van der Waals surface area (Å²) >= 11 is 2.89. The minimum atomic E-state index is -0.694. The van der Waals surface area contributed by atoms with E-state index in [1.165, 1.54) is 27.7 Å². The van der Waals surface area contributed by atoms with Gasteiger partial charge in [-0.25, -0.2) is 9.78 Å². The summed E-state index contributed by atoms with van der Waals surface area (Å²) in [6, 6.07) is 1.18. The predicted molar refractivity (Wildman–Crippen MR) is 95.6 cm³/mol. The molecule has 0 fully saturated rings. The molecule has 2 atom stereocenters. The molecule has 2 aromatic rings. The molecule has 0 spiro atoms. The zero-order valence-corrected chi connectivity index (χ0v) is 15.7. The number of carbonyl (C=O) groups is 1. The monoisotopic (exact) mass is 354 g/mol. The van der Waals surface area contributed by atoms with Gasteiger partial charge in [0.1, 0.15) is 10.9 Å². The maximum absolute atomic E-state index is 12.8. The predicted octanol–water partition coefficient (Wildman–Crippen LogP) is 3.65. The van der Waals surface area contributed by atoms with Crippen LogP contribution in [-0.2, 0) is 16.0 Å². The molecule has 0 N–H and O–H groups in total. The van der Waals surface area contributed by atoms with Crippen molar-refractivity contribution in [2.45, 2.75) is 57.8 Å². The summed E-state index contributed by atoms with van der Waals surface area (Å²) in [6.07, 6.45) is 3.29. The first-order valence-electron chi connectivity index (χ1n) is 7.72. The number of hydrogen-bond acceptors (Lipinski definition) is 6. The van der Waals surface area contributed by atoms with Gasteiger partial charge in [-0.2, -0.15) is 0 Å². The van der Waals surface area contributed by atoms with Crippen molar-refractivity contribution in [2.24, 2.45) is 0 Å². The van der Waals surface area contributed by atoms with Crippen LogP contribution in [0.3, 0.4) is 0 Å². The molecule has 0 radical (unpaired) electrons. The fourth-order valence-corrected chi connectivity index (χ4v) is 3.81. The molecule has 5 nitrogen and oxygen atoms in total. The number of carbonyl (C=O) groups excluding carboxylic acids is 1. The van der Waals surface area contributed by atoms with Crippen LogP contribution in [0.2, 0.25) is 0 Å². The van der Waals surface area contributed by atoms with Crippen LogP contribution in [0.15, 0.2) is 16.0 Å². The van der Waals surface area contributed by atoms with Crippen LogP contribution in [-0.4, -0.2) is 27.9 Å². The van der Waals surface area contributed by atoms with Gasteiger partial charge < -0.3 is 4.74 Å². The van der Waals surface area contributed by atoms with Gasteiger partial charge >= 0.3 is 5.97 Å². The number of ether oxygens (including phenoxy) is 1. The molecule has 0 aliphatic carbocycles. The maximum atomic E-state index is 12.8. The Labute approximate surface area is 144 Å². The van der Waals surface area contributed by atoms with Gasteiger partial charge in [-0.1, -0.05) is 25.6 Å². The van der Waals surface area contributed by atoms with Crippen molar-refractivity contribution < 1.29 is 9.53 Å². The van der Waals surface area contributed by atoms with E-state index in [0.29, 0.717) is 10.5 Å². The van der Waals surface area contributed by atoms with Gasteiger partial charge in [0.25, 0.3) is 5.56 Å². The number of hydrogen-bond donors (Lipinski definition) is 0. The van der Waals surface area contributed by atoms with Crippen molar-refractivity contribution in [1.82, 2.24) is 9.55 Å². The number of thiophene rings is 1. The summed E-state index contributed by atoms with van der Waals surface area (Å²) in [7, 11) is 0. The molecular weight excluding hydrogens is 332 g/mol. The topological polar surface area (TPSA) is 61.2 Å². The molecule has 2 rings (SSSR count). The minimum absolute atomic E-state index is 0.164. The van der Waals surface area contributed by atoms with E-state index in [9.17, 15) is 9.59 Å². The van der Waals surface area contributed by atoms with E-state index in [0.717, 1.165) is 22.5 Å². The molecule has 0 saturated carbocycles. The van der Waals surface area contributed by atoms with Gasteiger partial charge in [0.2, 0.25) is 0 Å². The van der Waals surface area contributed by atoms with E-state index < -0.39 is 12.0 Å². The number of aryl methyl sites for hydroxylation is 1. The highest BCUT2D eigenvalue weighted by molar-refractivity contribution is 7.98. The molecule has 0 aliphatic rings. The van der Waals surface area contributed by atoms with Crippen molar-refractivity contribution in [1.29, 1.82) is 0 Å². The van der Waals surface area contributed by atoms with Crippen LogP contribution in [0.4, 0.5) is 0 Å². The maximum Gasteiger partial charge on any atom is 0.329 e. The lowest BCUT2D eigenvalue weighted by atomic mass is 10.3. The quantitative estimate of drug-likeness (QED) is 0.450. The average molecular weight is 354 g/mol. The van der Waals surface area contributed by atoms with Crippen molar-refractivity contribution in [3.63, 3.8) is 0 Å². The molecule has 23 heavy (non-hydrogen) atoms. The molecule has 0 aromatic carbocycles. The van der Waals surface area contributed by atoms with E-state index in [-0.39, 0.29) is 11.7 Å². The molecule has 2 heterocycles. The van der Waals surface area contributed by atoms with Crippen LogP contribution in [0, 0.1) is 0 Å². The first kappa shape index (κ1) is 18.0. The van der Waals surface area contributed by atoms with E-state index in [2.05, 4.69) is 4.98 Å². The molecule has 0 saturated heterocycles. The largest absolute Gasteiger partial charge is 0.461 e. The minimum Gasteiger partial charge on any atom is -0.461 e. The fourth-order valence-electron chi connectivity index (χ4n) is 2.17. The average Bonchev–Trinajstić information content (AvgIpc) is 2.97. The fraction of sp³-hybridized carbons (Fsp3) is 0.562. The van der Waals surface area contributed by atoms with Crippen molar-refractivity contribution in [3.8, 4) is 0 Å². The van der Waals surface area contributed by atoms with E-state index in [1.54, 1.807) is 6.92 Å². The van der Waals surface area contributed by atoms with Crippen LogP contribution >= 0.6 is 23.1 Å². The van der Waals surface area contributed by atoms with Crippen molar-refractivity contribution in [2.75, 3.05) is 6.26 Å². The van der Waals surface area contributed by atoms with Crippen molar-refractivity contribution in [3.05, 3.63) is 21.3 Å². The number of rotatable bonds is 6. The van der Waals surface area contributed by atoms with Gasteiger partial charge in [-0.05, 0) is 39.0 Å². The highest BCUT2D eigenvalue weighted by Crippen LogP contribution is 2.26. The Morgan fingerprint density at radius 2 is 2.13 bits per heavy atom.